The molecule has 5 nitrogen and oxygen atoms in total. The molecule has 4 fully saturated rings. The molecule has 0 aliphatic heterocycles. The minimum absolute atomic E-state index is 0.0600. The Bertz CT molecular complexity index is 672. The Morgan fingerprint density at radius 1 is 0.885 bits per heavy atom. The van der Waals surface area contributed by atoms with Crippen LogP contribution in [0.1, 0.15) is 46.0 Å². The lowest BCUT2D eigenvalue weighted by molar-refractivity contribution is -0.132. The van der Waals surface area contributed by atoms with Crippen molar-refractivity contribution in [1.29, 1.82) is 0 Å². The monoisotopic (exact) mass is 355 g/mol. The number of carbonyl (C=O) groups is 2. The molecule has 4 aliphatic carbocycles. The van der Waals surface area contributed by atoms with E-state index in [-0.39, 0.29) is 23.9 Å². The smallest absolute Gasteiger partial charge is 0.319 e. The highest BCUT2D eigenvalue weighted by Gasteiger charge is 2.50. The zero-order valence-electron chi connectivity index (χ0n) is 15.6. The third-order valence-electron chi connectivity index (χ3n) is 6.38. The van der Waals surface area contributed by atoms with Gasteiger partial charge in [-0.25, -0.2) is 4.79 Å². The van der Waals surface area contributed by atoms with Crippen molar-refractivity contribution in [3.05, 3.63) is 24.3 Å². The minimum atomic E-state index is -0.253. The fraction of sp³-hybridized carbons (Fsp3) is 0.619. The fourth-order valence-electron chi connectivity index (χ4n) is 5.69. The summed E-state index contributed by atoms with van der Waals surface area (Å²) in [6.07, 6.45) is 6.28. The molecule has 5 rings (SSSR count). The van der Waals surface area contributed by atoms with Gasteiger partial charge in [0.25, 0.3) is 0 Å². The maximum atomic E-state index is 13.1. The van der Waals surface area contributed by atoms with Gasteiger partial charge in [0.05, 0.1) is 11.4 Å². The second kappa shape index (κ2) is 6.93. The molecule has 0 radical (unpaired) electrons. The molecular formula is C21H29N3O2. The highest BCUT2D eigenvalue weighted by atomic mass is 16.2. The Kier molecular flexibility index (Phi) is 4.63. The summed E-state index contributed by atoms with van der Waals surface area (Å²) in [5.41, 5.74) is 1.33. The van der Waals surface area contributed by atoms with Gasteiger partial charge in [0.15, 0.2) is 0 Å². The summed E-state index contributed by atoms with van der Waals surface area (Å²) in [4.78, 5) is 25.1. The third-order valence-corrected chi connectivity index (χ3v) is 6.38. The molecule has 4 saturated carbocycles. The van der Waals surface area contributed by atoms with E-state index in [0.717, 1.165) is 11.8 Å². The van der Waals surface area contributed by atoms with E-state index in [1.165, 1.54) is 32.1 Å². The number of benzene rings is 1. The van der Waals surface area contributed by atoms with Crippen LogP contribution in [0.4, 0.5) is 16.2 Å². The quantitative estimate of drug-likeness (QED) is 0.756. The van der Waals surface area contributed by atoms with Crippen molar-refractivity contribution >= 4 is 23.3 Å². The van der Waals surface area contributed by atoms with E-state index < -0.39 is 0 Å². The van der Waals surface area contributed by atoms with Gasteiger partial charge in [-0.15, -0.1) is 0 Å². The molecule has 0 saturated heterocycles. The standard InChI is InChI=1S/C21H29N3O2/c1-12(2)22-21(26)24-18-6-4-3-5-17(18)23-20(25)19-15-8-13-7-14(10-15)11-16(19)9-13/h3-6,12-16,19H,7-11H2,1-2H3,(H,23,25)(H2,22,24,26). The number of amides is 3. The number of nitrogens with one attached hydrogen (secondary N) is 3. The van der Waals surface area contributed by atoms with E-state index in [1.807, 2.05) is 38.1 Å². The Labute approximate surface area is 155 Å². The maximum absolute atomic E-state index is 13.1. The lowest BCUT2D eigenvalue weighted by atomic mass is 9.51. The zero-order valence-corrected chi connectivity index (χ0v) is 15.6. The Morgan fingerprint density at radius 2 is 1.42 bits per heavy atom. The van der Waals surface area contributed by atoms with Gasteiger partial charge in [0, 0.05) is 12.0 Å². The first-order valence-electron chi connectivity index (χ1n) is 9.97. The molecule has 4 bridgehead atoms. The lowest BCUT2D eigenvalue weighted by Crippen LogP contribution is -2.49. The van der Waals surface area contributed by atoms with Crippen LogP contribution in [0.3, 0.4) is 0 Å². The number of urea groups is 1. The van der Waals surface area contributed by atoms with Crippen molar-refractivity contribution in [2.75, 3.05) is 10.6 Å². The molecule has 1 aromatic rings. The van der Waals surface area contributed by atoms with E-state index in [0.29, 0.717) is 23.2 Å². The summed E-state index contributed by atoms with van der Waals surface area (Å²) in [7, 11) is 0. The Hall–Kier alpha value is -2.04. The van der Waals surface area contributed by atoms with Crippen molar-refractivity contribution in [2.24, 2.45) is 29.6 Å². The first kappa shape index (κ1) is 17.4. The van der Waals surface area contributed by atoms with Crippen LogP contribution in [0, 0.1) is 29.6 Å². The summed E-state index contributed by atoms with van der Waals surface area (Å²) in [6, 6.07) is 7.24. The average molecular weight is 355 g/mol. The molecule has 0 aromatic heterocycles. The molecule has 0 unspecified atom stereocenters. The second-order valence-electron chi connectivity index (χ2n) is 8.74. The van der Waals surface area contributed by atoms with Gasteiger partial charge in [-0.3, -0.25) is 4.79 Å². The van der Waals surface area contributed by atoms with Crippen molar-refractivity contribution in [2.45, 2.75) is 52.0 Å². The van der Waals surface area contributed by atoms with E-state index >= 15 is 0 Å². The van der Waals surface area contributed by atoms with Crippen LogP contribution in [0.2, 0.25) is 0 Å². The van der Waals surface area contributed by atoms with Crippen LogP contribution in [-0.4, -0.2) is 18.0 Å². The van der Waals surface area contributed by atoms with Crippen LogP contribution in [-0.2, 0) is 4.79 Å². The molecule has 3 amide bonds. The minimum Gasteiger partial charge on any atom is -0.336 e. The van der Waals surface area contributed by atoms with Crippen LogP contribution in [0.25, 0.3) is 0 Å². The molecule has 3 N–H and O–H groups in total. The number of anilines is 2. The zero-order chi connectivity index (χ0) is 18.3. The number of carbonyl (C=O) groups excluding carboxylic acids is 2. The molecule has 4 aliphatic rings. The van der Waals surface area contributed by atoms with Crippen LogP contribution < -0.4 is 16.0 Å². The number of hydrogen-bond donors (Lipinski definition) is 3. The molecule has 0 atom stereocenters. The van der Waals surface area contributed by atoms with Crippen molar-refractivity contribution in [3.63, 3.8) is 0 Å². The third kappa shape index (κ3) is 3.44. The molecular weight excluding hydrogens is 326 g/mol. The predicted molar refractivity (Wildman–Crippen MR) is 103 cm³/mol. The molecule has 1 aromatic carbocycles. The van der Waals surface area contributed by atoms with Gasteiger partial charge in [-0.2, -0.15) is 0 Å². The normalized spacial score (nSPS) is 31.7. The molecule has 26 heavy (non-hydrogen) atoms. The van der Waals surface area contributed by atoms with Gasteiger partial charge >= 0.3 is 6.03 Å². The topological polar surface area (TPSA) is 70.2 Å². The van der Waals surface area contributed by atoms with E-state index in [1.54, 1.807) is 0 Å². The van der Waals surface area contributed by atoms with Crippen molar-refractivity contribution < 1.29 is 9.59 Å². The van der Waals surface area contributed by atoms with Crippen LogP contribution >= 0.6 is 0 Å². The highest BCUT2D eigenvalue weighted by molar-refractivity contribution is 6.00. The molecule has 0 spiro atoms. The maximum Gasteiger partial charge on any atom is 0.319 e. The largest absolute Gasteiger partial charge is 0.336 e. The predicted octanol–water partition coefficient (Wildman–Crippen LogP) is 4.23. The SMILES string of the molecule is CC(C)NC(=O)Nc1ccccc1NC(=O)C1C2CC3CC(C2)CC1C3. The number of hydrogen-bond acceptors (Lipinski definition) is 2. The molecule has 5 heteroatoms. The summed E-state index contributed by atoms with van der Waals surface area (Å²) in [5.74, 6) is 3.09. The summed E-state index contributed by atoms with van der Waals surface area (Å²) < 4.78 is 0. The Balaban J connectivity index is 1.46. The van der Waals surface area contributed by atoms with E-state index in [2.05, 4.69) is 16.0 Å². The highest BCUT2D eigenvalue weighted by Crippen LogP contribution is 2.56. The summed E-state index contributed by atoms with van der Waals surface area (Å²) in [6.45, 7) is 3.83. The van der Waals surface area contributed by atoms with Gasteiger partial charge in [-0.05, 0) is 81.8 Å². The average Bonchev–Trinajstić information content (AvgIpc) is 2.55. The first-order valence-corrected chi connectivity index (χ1v) is 9.97. The number of rotatable bonds is 4. The van der Waals surface area contributed by atoms with Gasteiger partial charge in [0.1, 0.15) is 0 Å². The van der Waals surface area contributed by atoms with Gasteiger partial charge in [-0.1, -0.05) is 12.1 Å². The van der Waals surface area contributed by atoms with Crippen LogP contribution in [0.15, 0.2) is 24.3 Å². The van der Waals surface area contributed by atoms with Crippen molar-refractivity contribution in [1.82, 2.24) is 5.32 Å². The van der Waals surface area contributed by atoms with Crippen LogP contribution in [0.5, 0.6) is 0 Å². The molecule has 140 valence electrons. The van der Waals surface area contributed by atoms with E-state index in [9.17, 15) is 9.59 Å². The lowest BCUT2D eigenvalue weighted by Gasteiger charge is -2.53. The summed E-state index contributed by atoms with van der Waals surface area (Å²) >= 11 is 0. The fourth-order valence-corrected chi connectivity index (χ4v) is 5.69. The van der Waals surface area contributed by atoms with Gasteiger partial charge in [0.2, 0.25) is 5.91 Å². The van der Waals surface area contributed by atoms with E-state index in [4.69, 9.17) is 0 Å². The molecule has 0 heterocycles. The number of para-hydroxylation sites is 2. The van der Waals surface area contributed by atoms with Crippen molar-refractivity contribution in [3.8, 4) is 0 Å². The van der Waals surface area contributed by atoms with Gasteiger partial charge < -0.3 is 16.0 Å². The Morgan fingerprint density at radius 3 is 1.96 bits per heavy atom. The second-order valence-corrected chi connectivity index (χ2v) is 8.74. The summed E-state index contributed by atoms with van der Waals surface area (Å²) in [5, 5.41) is 8.78. The first-order chi connectivity index (χ1) is 12.5.